The maximum absolute atomic E-state index is 4.38. The van der Waals surface area contributed by atoms with Crippen LogP contribution in [0.2, 0.25) is 0 Å². The fraction of sp³-hybridized carbons (Fsp3) is 0.400. The van der Waals surface area contributed by atoms with Gasteiger partial charge in [0.25, 0.3) is 0 Å². The van der Waals surface area contributed by atoms with Crippen LogP contribution in [-0.2, 0) is 6.42 Å². The van der Waals surface area contributed by atoms with Crippen molar-refractivity contribution in [1.82, 2.24) is 9.97 Å². The molecule has 0 spiro atoms. The second-order valence-electron chi connectivity index (χ2n) is 3.17. The Hall–Kier alpha value is -0.700. The van der Waals surface area contributed by atoms with Gasteiger partial charge in [0, 0.05) is 0 Å². The Morgan fingerprint density at radius 2 is 2.23 bits per heavy atom. The number of aromatic nitrogens is 2. The molecule has 0 fully saturated rings. The van der Waals surface area contributed by atoms with Gasteiger partial charge in [-0.05, 0) is 47.7 Å². The molecule has 2 rings (SSSR count). The number of rotatable bonds is 0. The Labute approximate surface area is 86.2 Å². The predicted molar refractivity (Wildman–Crippen MR) is 56.3 cm³/mol. The summed E-state index contributed by atoms with van der Waals surface area (Å²) in [6.45, 7) is 0. The summed E-state index contributed by atoms with van der Waals surface area (Å²) in [4.78, 5) is 8.74. The van der Waals surface area contributed by atoms with Crippen molar-refractivity contribution >= 4 is 22.0 Å². The Kier molecular flexibility index (Phi) is 2.74. The summed E-state index contributed by atoms with van der Waals surface area (Å²) in [5.74, 6) is 0. The third kappa shape index (κ3) is 2.15. The lowest BCUT2D eigenvalue weighted by molar-refractivity contribution is 0.724. The van der Waals surface area contributed by atoms with Crippen molar-refractivity contribution in [2.24, 2.45) is 0 Å². The molecule has 0 amide bonds. The van der Waals surface area contributed by atoms with E-state index in [1.165, 1.54) is 12.8 Å². The van der Waals surface area contributed by atoms with Crippen molar-refractivity contribution in [3.63, 3.8) is 0 Å². The topological polar surface area (TPSA) is 25.8 Å². The lowest BCUT2D eigenvalue weighted by Gasteiger charge is -2.07. The molecule has 0 saturated carbocycles. The van der Waals surface area contributed by atoms with E-state index in [1.54, 1.807) is 6.20 Å². The first kappa shape index (κ1) is 8.88. The van der Waals surface area contributed by atoms with Crippen LogP contribution in [0.4, 0.5) is 0 Å². The standard InChI is InChI=1S/C10H11BrN2/c11-10-7-12-8-5-3-1-2-4-6-9(8)13-10/h4,6-7H,1-3,5H2/b6-4-. The number of fused-ring (bicyclic) bond motifs is 1. The molecule has 1 aliphatic carbocycles. The molecular formula is C10H11BrN2. The van der Waals surface area contributed by atoms with Crippen LogP contribution < -0.4 is 0 Å². The monoisotopic (exact) mass is 238 g/mol. The van der Waals surface area contributed by atoms with Gasteiger partial charge in [0.05, 0.1) is 17.6 Å². The molecule has 1 aromatic rings. The van der Waals surface area contributed by atoms with Gasteiger partial charge in [-0.25, -0.2) is 4.98 Å². The van der Waals surface area contributed by atoms with Crippen molar-refractivity contribution in [2.45, 2.75) is 25.7 Å². The largest absolute Gasteiger partial charge is 0.256 e. The highest BCUT2D eigenvalue weighted by atomic mass is 79.9. The molecule has 68 valence electrons. The van der Waals surface area contributed by atoms with E-state index in [-0.39, 0.29) is 0 Å². The molecule has 0 N–H and O–H groups in total. The normalized spacial score (nSPS) is 18.5. The van der Waals surface area contributed by atoms with Crippen molar-refractivity contribution < 1.29 is 0 Å². The summed E-state index contributed by atoms with van der Waals surface area (Å²) in [7, 11) is 0. The van der Waals surface area contributed by atoms with Crippen LogP contribution in [-0.4, -0.2) is 9.97 Å². The summed E-state index contributed by atoms with van der Waals surface area (Å²) in [5, 5.41) is 0. The van der Waals surface area contributed by atoms with Gasteiger partial charge in [-0.3, -0.25) is 4.98 Å². The van der Waals surface area contributed by atoms with E-state index < -0.39 is 0 Å². The van der Waals surface area contributed by atoms with Crippen LogP contribution in [0.15, 0.2) is 16.9 Å². The van der Waals surface area contributed by atoms with Gasteiger partial charge in [-0.1, -0.05) is 6.08 Å². The molecule has 2 nitrogen and oxygen atoms in total. The number of aryl methyl sites for hydroxylation is 1. The average molecular weight is 239 g/mol. The molecule has 1 aliphatic rings. The number of halogens is 1. The SMILES string of the molecule is Brc1cnc2c(n1)/C=C\CCCC2. The molecule has 13 heavy (non-hydrogen) atoms. The molecule has 0 unspecified atom stereocenters. The zero-order chi connectivity index (χ0) is 9.10. The van der Waals surface area contributed by atoms with Crippen LogP contribution in [0.3, 0.4) is 0 Å². The van der Waals surface area contributed by atoms with E-state index in [0.29, 0.717) is 0 Å². The lowest BCUT2D eigenvalue weighted by atomic mass is 10.1. The number of nitrogens with zero attached hydrogens (tertiary/aromatic N) is 2. The van der Waals surface area contributed by atoms with E-state index in [1.807, 2.05) is 0 Å². The summed E-state index contributed by atoms with van der Waals surface area (Å²) in [6, 6.07) is 0. The van der Waals surface area contributed by atoms with Crippen LogP contribution in [0.5, 0.6) is 0 Å². The van der Waals surface area contributed by atoms with E-state index in [0.717, 1.165) is 28.8 Å². The summed E-state index contributed by atoms with van der Waals surface area (Å²) in [5.41, 5.74) is 2.15. The van der Waals surface area contributed by atoms with E-state index >= 15 is 0 Å². The smallest absolute Gasteiger partial charge is 0.125 e. The van der Waals surface area contributed by atoms with E-state index in [2.05, 4.69) is 38.0 Å². The van der Waals surface area contributed by atoms with Gasteiger partial charge >= 0.3 is 0 Å². The summed E-state index contributed by atoms with van der Waals surface area (Å²) in [6.07, 6.45) is 10.7. The molecule has 0 aliphatic heterocycles. The summed E-state index contributed by atoms with van der Waals surface area (Å²) >= 11 is 3.33. The molecule has 1 heterocycles. The third-order valence-electron chi connectivity index (χ3n) is 2.16. The first-order valence-electron chi connectivity index (χ1n) is 4.54. The van der Waals surface area contributed by atoms with Crippen LogP contribution in [0, 0.1) is 0 Å². The van der Waals surface area contributed by atoms with Crippen molar-refractivity contribution in [1.29, 1.82) is 0 Å². The Morgan fingerprint density at radius 3 is 3.15 bits per heavy atom. The van der Waals surface area contributed by atoms with E-state index in [4.69, 9.17) is 0 Å². The lowest BCUT2D eigenvalue weighted by Crippen LogP contribution is -1.99. The van der Waals surface area contributed by atoms with Gasteiger partial charge in [0.1, 0.15) is 4.60 Å². The minimum atomic E-state index is 0.816. The highest BCUT2D eigenvalue weighted by molar-refractivity contribution is 9.10. The van der Waals surface area contributed by atoms with Gasteiger partial charge in [0.15, 0.2) is 0 Å². The minimum Gasteiger partial charge on any atom is -0.256 e. The van der Waals surface area contributed by atoms with Crippen LogP contribution in [0.25, 0.3) is 6.08 Å². The minimum absolute atomic E-state index is 0.816. The number of allylic oxidation sites excluding steroid dienone is 1. The first-order valence-corrected chi connectivity index (χ1v) is 5.33. The summed E-state index contributed by atoms with van der Waals surface area (Å²) < 4.78 is 0.816. The van der Waals surface area contributed by atoms with Gasteiger partial charge < -0.3 is 0 Å². The highest BCUT2D eigenvalue weighted by Crippen LogP contribution is 2.16. The quantitative estimate of drug-likeness (QED) is 0.695. The molecular weight excluding hydrogens is 228 g/mol. The second-order valence-corrected chi connectivity index (χ2v) is 3.99. The van der Waals surface area contributed by atoms with Crippen LogP contribution in [0.1, 0.15) is 30.7 Å². The highest BCUT2D eigenvalue weighted by Gasteiger charge is 2.05. The number of hydrogen-bond donors (Lipinski definition) is 0. The Balaban J connectivity index is 2.40. The zero-order valence-electron chi connectivity index (χ0n) is 7.33. The fourth-order valence-electron chi connectivity index (χ4n) is 1.48. The molecule has 0 radical (unpaired) electrons. The fourth-order valence-corrected chi connectivity index (χ4v) is 1.77. The van der Waals surface area contributed by atoms with Gasteiger partial charge in [0.2, 0.25) is 0 Å². The third-order valence-corrected chi connectivity index (χ3v) is 2.54. The first-order chi connectivity index (χ1) is 6.36. The Morgan fingerprint density at radius 1 is 1.31 bits per heavy atom. The molecule has 0 saturated heterocycles. The van der Waals surface area contributed by atoms with E-state index in [9.17, 15) is 0 Å². The molecule has 0 aromatic carbocycles. The number of hydrogen-bond acceptors (Lipinski definition) is 2. The average Bonchev–Trinajstić information content (AvgIpc) is 2.08. The Bertz CT molecular complexity index is 334. The molecule has 1 aromatic heterocycles. The van der Waals surface area contributed by atoms with Gasteiger partial charge in [-0.2, -0.15) is 0 Å². The van der Waals surface area contributed by atoms with Crippen molar-refractivity contribution in [2.75, 3.05) is 0 Å². The maximum atomic E-state index is 4.38. The molecule has 0 bridgehead atoms. The zero-order valence-corrected chi connectivity index (χ0v) is 8.92. The van der Waals surface area contributed by atoms with Crippen molar-refractivity contribution in [3.05, 3.63) is 28.3 Å². The second kappa shape index (κ2) is 4.01. The van der Waals surface area contributed by atoms with Crippen molar-refractivity contribution in [3.8, 4) is 0 Å². The molecule has 3 heteroatoms. The maximum Gasteiger partial charge on any atom is 0.125 e. The molecule has 0 atom stereocenters. The van der Waals surface area contributed by atoms with Gasteiger partial charge in [-0.15, -0.1) is 0 Å². The van der Waals surface area contributed by atoms with Crippen LogP contribution >= 0.6 is 15.9 Å². The predicted octanol–water partition coefficient (Wildman–Crippen LogP) is 2.98.